The maximum Gasteiger partial charge on any atom is 0.243 e. The highest BCUT2D eigenvalue weighted by molar-refractivity contribution is 5.93. The van der Waals surface area contributed by atoms with E-state index in [1.807, 2.05) is 29.2 Å². The predicted molar refractivity (Wildman–Crippen MR) is 108 cm³/mol. The highest BCUT2D eigenvalue weighted by Crippen LogP contribution is 2.29. The van der Waals surface area contributed by atoms with Gasteiger partial charge in [-0.15, -0.1) is 0 Å². The molecule has 2 aromatic heterocycles. The number of imidazole rings is 1. The Morgan fingerprint density at radius 1 is 1.21 bits per heavy atom. The summed E-state index contributed by atoms with van der Waals surface area (Å²) in [4.78, 5) is 31.2. The monoisotopic (exact) mass is 390 g/mol. The maximum absolute atomic E-state index is 13.3. The number of anilines is 1. The minimum atomic E-state index is -0.324. The van der Waals surface area contributed by atoms with Gasteiger partial charge in [-0.25, -0.2) is 19.3 Å². The Hall–Kier alpha value is -3.55. The topological polar surface area (TPSA) is 86.8 Å². The zero-order valence-electron chi connectivity index (χ0n) is 15.6. The molecule has 1 amide bonds. The van der Waals surface area contributed by atoms with Crippen LogP contribution in [0.15, 0.2) is 48.8 Å². The Bertz CT molecular complexity index is 1200. The molecule has 1 fully saturated rings. The van der Waals surface area contributed by atoms with Crippen LogP contribution in [0.4, 0.5) is 10.2 Å². The number of benzene rings is 2. The fraction of sp³-hybridized carbons (Fsp3) is 0.238. The Balaban J connectivity index is 1.34. The van der Waals surface area contributed by atoms with Crippen molar-refractivity contribution < 1.29 is 9.18 Å². The van der Waals surface area contributed by atoms with E-state index in [2.05, 4.69) is 25.3 Å². The molecule has 0 bridgehead atoms. The summed E-state index contributed by atoms with van der Waals surface area (Å²) in [6.45, 7) is 1.02. The van der Waals surface area contributed by atoms with Gasteiger partial charge in [0, 0.05) is 11.9 Å². The van der Waals surface area contributed by atoms with Crippen molar-refractivity contribution in [2.75, 3.05) is 11.4 Å². The Morgan fingerprint density at radius 3 is 3.03 bits per heavy atom. The van der Waals surface area contributed by atoms with Crippen molar-refractivity contribution in [3.8, 4) is 0 Å². The molecule has 8 heteroatoms. The number of H-pyrrole nitrogens is 1. The van der Waals surface area contributed by atoms with E-state index in [0.717, 1.165) is 36.1 Å². The van der Waals surface area contributed by atoms with Gasteiger partial charge in [0.2, 0.25) is 5.91 Å². The summed E-state index contributed by atoms with van der Waals surface area (Å²) in [5.41, 5.74) is 2.15. The van der Waals surface area contributed by atoms with Gasteiger partial charge in [0.15, 0.2) is 0 Å². The number of hydrogen-bond donors (Lipinski definition) is 2. The number of fused-ring (bicyclic) bond motifs is 2. The van der Waals surface area contributed by atoms with Crippen molar-refractivity contribution in [3.05, 3.63) is 60.4 Å². The molecule has 29 heavy (non-hydrogen) atoms. The van der Waals surface area contributed by atoms with E-state index in [9.17, 15) is 9.18 Å². The molecule has 7 nitrogen and oxygen atoms in total. The Morgan fingerprint density at radius 2 is 2.10 bits per heavy atom. The molecular weight excluding hydrogens is 371 g/mol. The van der Waals surface area contributed by atoms with Crippen molar-refractivity contribution >= 4 is 33.7 Å². The zero-order chi connectivity index (χ0) is 19.8. The summed E-state index contributed by atoms with van der Waals surface area (Å²) >= 11 is 0. The van der Waals surface area contributed by atoms with Gasteiger partial charge in [-0.05, 0) is 43.2 Å². The molecule has 0 saturated carbocycles. The van der Waals surface area contributed by atoms with Crippen molar-refractivity contribution in [2.45, 2.75) is 25.4 Å². The van der Waals surface area contributed by atoms with Gasteiger partial charge in [-0.1, -0.05) is 12.1 Å². The van der Waals surface area contributed by atoms with Gasteiger partial charge < -0.3 is 15.2 Å². The molecule has 1 aliphatic heterocycles. The van der Waals surface area contributed by atoms with Gasteiger partial charge in [-0.2, -0.15) is 0 Å². The molecule has 1 atom stereocenters. The van der Waals surface area contributed by atoms with Crippen LogP contribution in [0.25, 0.3) is 21.9 Å². The van der Waals surface area contributed by atoms with Crippen molar-refractivity contribution in [1.29, 1.82) is 0 Å². The first-order valence-electron chi connectivity index (χ1n) is 9.57. The SMILES string of the molecule is O=C(NCc1nc2ccc(F)cc2[nH]1)[C@H]1CCCN1c1ncnc2ccccc12. The van der Waals surface area contributed by atoms with E-state index < -0.39 is 0 Å². The number of aromatic amines is 1. The van der Waals surface area contributed by atoms with Crippen LogP contribution in [0.2, 0.25) is 0 Å². The third-order valence-corrected chi connectivity index (χ3v) is 5.27. The smallest absolute Gasteiger partial charge is 0.243 e. The van der Waals surface area contributed by atoms with Crippen LogP contribution in [0.3, 0.4) is 0 Å². The fourth-order valence-electron chi connectivity index (χ4n) is 3.92. The van der Waals surface area contributed by atoms with E-state index >= 15 is 0 Å². The van der Waals surface area contributed by atoms with Crippen molar-refractivity contribution in [3.63, 3.8) is 0 Å². The lowest BCUT2D eigenvalue weighted by molar-refractivity contribution is -0.122. The number of para-hydroxylation sites is 1. The normalized spacial score (nSPS) is 16.6. The minimum absolute atomic E-state index is 0.0724. The zero-order valence-corrected chi connectivity index (χ0v) is 15.6. The largest absolute Gasteiger partial charge is 0.347 e. The molecule has 1 saturated heterocycles. The Kier molecular flexibility index (Phi) is 4.31. The van der Waals surface area contributed by atoms with Crippen LogP contribution in [0.1, 0.15) is 18.7 Å². The van der Waals surface area contributed by atoms with Crippen LogP contribution in [-0.4, -0.2) is 38.4 Å². The summed E-state index contributed by atoms with van der Waals surface area (Å²) in [6.07, 6.45) is 3.22. The second-order valence-corrected chi connectivity index (χ2v) is 7.13. The van der Waals surface area contributed by atoms with Crippen molar-refractivity contribution in [1.82, 2.24) is 25.3 Å². The summed E-state index contributed by atoms with van der Waals surface area (Å²) in [5, 5.41) is 3.89. The number of amides is 1. The van der Waals surface area contributed by atoms with Crippen LogP contribution in [0.5, 0.6) is 0 Å². The Labute approximate surface area is 166 Å². The molecule has 4 aromatic rings. The van der Waals surface area contributed by atoms with Gasteiger partial charge >= 0.3 is 0 Å². The molecule has 146 valence electrons. The molecule has 5 rings (SSSR count). The van der Waals surface area contributed by atoms with Gasteiger partial charge in [0.05, 0.1) is 23.1 Å². The standard InChI is InChI=1S/C21H19FN6O/c22-13-7-8-16-17(10-13)27-19(26-16)11-23-21(29)18-6-3-9-28(18)20-14-4-1-2-5-15(14)24-12-25-20/h1-2,4-5,7-8,10,12,18H,3,6,9,11H2,(H,23,29)(H,26,27)/t18-/m1/s1. The number of hydrogen-bond acceptors (Lipinski definition) is 5. The summed E-state index contributed by atoms with van der Waals surface area (Å²) in [7, 11) is 0. The third kappa shape index (κ3) is 3.26. The summed E-state index contributed by atoms with van der Waals surface area (Å²) in [5.74, 6) is 0.982. The van der Waals surface area contributed by atoms with E-state index in [0.29, 0.717) is 16.9 Å². The first-order chi connectivity index (χ1) is 14.2. The van der Waals surface area contributed by atoms with Crippen molar-refractivity contribution in [2.24, 2.45) is 0 Å². The molecule has 2 aromatic carbocycles. The summed E-state index contributed by atoms with van der Waals surface area (Å²) in [6, 6.07) is 11.9. The lowest BCUT2D eigenvalue weighted by Gasteiger charge is -2.25. The first kappa shape index (κ1) is 17.5. The molecular formula is C21H19FN6O. The second-order valence-electron chi connectivity index (χ2n) is 7.13. The molecule has 0 aliphatic carbocycles. The highest BCUT2D eigenvalue weighted by atomic mass is 19.1. The lowest BCUT2D eigenvalue weighted by atomic mass is 10.2. The summed E-state index contributed by atoms with van der Waals surface area (Å²) < 4.78 is 13.3. The van der Waals surface area contributed by atoms with E-state index in [4.69, 9.17) is 0 Å². The van der Waals surface area contributed by atoms with Gasteiger partial charge in [-0.3, -0.25) is 4.79 Å². The molecule has 0 unspecified atom stereocenters. The van der Waals surface area contributed by atoms with E-state index in [1.165, 1.54) is 12.1 Å². The highest BCUT2D eigenvalue weighted by Gasteiger charge is 2.32. The number of carbonyl (C=O) groups excluding carboxylic acids is 1. The second kappa shape index (κ2) is 7.12. The lowest BCUT2D eigenvalue weighted by Crippen LogP contribution is -2.43. The van der Waals surface area contributed by atoms with E-state index in [1.54, 1.807) is 12.4 Å². The number of rotatable bonds is 4. The number of aromatic nitrogens is 4. The fourth-order valence-corrected chi connectivity index (χ4v) is 3.92. The van der Waals surface area contributed by atoms with Crippen LogP contribution >= 0.6 is 0 Å². The average molecular weight is 390 g/mol. The molecule has 0 radical (unpaired) electrons. The minimum Gasteiger partial charge on any atom is -0.347 e. The molecule has 3 heterocycles. The first-order valence-corrected chi connectivity index (χ1v) is 9.57. The number of nitrogens with one attached hydrogen (secondary N) is 2. The third-order valence-electron chi connectivity index (χ3n) is 5.27. The number of nitrogens with zero attached hydrogens (tertiary/aromatic N) is 4. The number of halogens is 1. The van der Waals surface area contributed by atoms with Crippen LogP contribution < -0.4 is 10.2 Å². The van der Waals surface area contributed by atoms with Crippen LogP contribution in [0, 0.1) is 5.82 Å². The van der Waals surface area contributed by atoms with Gasteiger partial charge in [0.1, 0.15) is 29.8 Å². The van der Waals surface area contributed by atoms with Gasteiger partial charge in [0.25, 0.3) is 0 Å². The van der Waals surface area contributed by atoms with Crippen LogP contribution in [-0.2, 0) is 11.3 Å². The van der Waals surface area contributed by atoms with E-state index in [-0.39, 0.29) is 24.3 Å². The average Bonchev–Trinajstić information content (AvgIpc) is 3.38. The predicted octanol–water partition coefficient (Wildman–Crippen LogP) is 2.93. The quantitative estimate of drug-likeness (QED) is 0.560. The molecule has 2 N–H and O–H groups in total. The maximum atomic E-state index is 13.3. The molecule has 0 spiro atoms. The molecule has 1 aliphatic rings. The number of carbonyl (C=O) groups is 1.